The monoisotopic (exact) mass is 399 g/mol. The third-order valence-corrected chi connectivity index (χ3v) is 4.41. The van der Waals surface area contributed by atoms with Gasteiger partial charge in [0.1, 0.15) is 11.6 Å². The van der Waals surface area contributed by atoms with Gasteiger partial charge < -0.3 is 10.1 Å². The van der Waals surface area contributed by atoms with Gasteiger partial charge >= 0.3 is 0 Å². The number of anilines is 1. The largest absolute Gasteiger partial charge is 0.493 e. The van der Waals surface area contributed by atoms with E-state index in [9.17, 15) is 4.39 Å². The van der Waals surface area contributed by atoms with Gasteiger partial charge in [-0.3, -0.25) is 0 Å². The number of halogens is 3. The Morgan fingerprint density at radius 3 is 2.80 bits per heavy atom. The van der Waals surface area contributed by atoms with Crippen LogP contribution in [0, 0.1) is 5.82 Å². The van der Waals surface area contributed by atoms with Gasteiger partial charge in [0.05, 0.1) is 17.1 Å². The third kappa shape index (κ3) is 2.83. The summed E-state index contributed by atoms with van der Waals surface area (Å²) in [6.45, 7) is 0.658. The minimum absolute atomic E-state index is 0.122. The fourth-order valence-corrected chi connectivity index (χ4v) is 2.93. The number of rotatable bonds is 2. The number of hydrogen-bond donors (Lipinski definition) is 1. The standard InChI is InChI=1S/C15H12Br2FNO/c16-9-1-4-15-11(7-9)14(5-6-20-15)19-10-2-3-12(17)13(18)8-10/h1-4,7-8,14,19H,5-6H2. The normalized spacial score (nSPS) is 17.2. The van der Waals surface area contributed by atoms with Crippen LogP contribution in [0.25, 0.3) is 0 Å². The first kappa shape index (κ1) is 13.9. The zero-order valence-electron chi connectivity index (χ0n) is 10.5. The van der Waals surface area contributed by atoms with Crippen molar-refractivity contribution in [2.75, 3.05) is 11.9 Å². The van der Waals surface area contributed by atoms with Crippen molar-refractivity contribution in [3.8, 4) is 5.75 Å². The van der Waals surface area contributed by atoms with Crippen LogP contribution in [0.2, 0.25) is 0 Å². The van der Waals surface area contributed by atoms with Crippen molar-refractivity contribution < 1.29 is 9.13 Å². The quantitative estimate of drug-likeness (QED) is 0.739. The van der Waals surface area contributed by atoms with E-state index >= 15 is 0 Å². The van der Waals surface area contributed by atoms with Crippen LogP contribution in [0.5, 0.6) is 5.75 Å². The van der Waals surface area contributed by atoms with E-state index in [-0.39, 0.29) is 11.9 Å². The van der Waals surface area contributed by atoms with Crippen molar-refractivity contribution in [1.82, 2.24) is 0 Å². The van der Waals surface area contributed by atoms with Crippen LogP contribution in [0.15, 0.2) is 45.3 Å². The maximum absolute atomic E-state index is 13.6. The van der Waals surface area contributed by atoms with Gasteiger partial charge in [-0.05, 0) is 52.3 Å². The fourth-order valence-electron chi connectivity index (χ4n) is 2.30. The lowest BCUT2D eigenvalue weighted by atomic mass is 10.0. The minimum atomic E-state index is -0.267. The van der Waals surface area contributed by atoms with E-state index < -0.39 is 0 Å². The van der Waals surface area contributed by atoms with Crippen LogP contribution < -0.4 is 10.1 Å². The molecule has 0 fully saturated rings. The molecule has 5 heteroatoms. The summed E-state index contributed by atoms with van der Waals surface area (Å²) in [5.74, 6) is 0.617. The highest BCUT2D eigenvalue weighted by molar-refractivity contribution is 9.10. The van der Waals surface area contributed by atoms with Crippen molar-refractivity contribution in [3.63, 3.8) is 0 Å². The Hall–Kier alpha value is -1.07. The fraction of sp³-hybridized carbons (Fsp3) is 0.200. The van der Waals surface area contributed by atoms with Crippen LogP contribution in [-0.4, -0.2) is 6.61 Å². The Morgan fingerprint density at radius 2 is 2.00 bits per heavy atom. The van der Waals surface area contributed by atoms with E-state index in [1.165, 1.54) is 6.07 Å². The summed E-state index contributed by atoms with van der Waals surface area (Å²) in [4.78, 5) is 0. The third-order valence-electron chi connectivity index (χ3n) is 3.27. The maximum Gasteiger partial charge on any atom is 0.139 e. The molecule has 0 spiro atoms. The number of benzene rings is 2. The van der Waals surface area contributed by atoms with Gasteiger partial charge in [-0.15, -0.1) is 0 Å². The molecule has 1 heterocycles. The summed E-state index contributed by atoms with van der Waals surface area (Å²) >= 11 is 6.64. The molecule has 2 aromatic rings. The molecule has 104 valence electrons. The molecule has 0 saturated carbocycles. The van der Waals surface area contributed by atoms with E-state index in [0.29, 0.717) is 11.1 Å². The molecule has 0 saturated heterocycles. The second kappa shape index (κ2) is 5.74. The predicted octanol–water partition coefficient (Wildman–Crippen LogP) is 5.29. The zero-order chi connectivity index (χ0) is 14.1. The van der Waals surface area contributed by atoms with Gasteiger partial charge in [-0.1, -0.05) is 15.9 Å². The highest BCUT2D eigenvalue weighted by atomic mass is 79.9. The molecular weight excluding hydrogens is 389 g/mol. The summed E-state index contributed by atoms with van der Waals surface area (Å²) in [6, 6.07) is 11.1. The highest BCUT2D eigenvalue weighted by Gasteiger charge is 2.21. The zero-order valence-corrected chi connectivity index (χ0v) is 13.7. The van der Waals surface area contributed by atoms with Crippen LogP contribution in [-0.2, 0) is 0 Å². The van der Waals surface area contributed by atoms with Crippen LogP contribution in [0.4, 0.5) is 10.1 Å². The highest BCUT2D eigenvalue weighted by Crippen LogP contribution is 2.36. The summed E-state index contributed by atoms with van der Waals surface area (Å²) in [7, 11) is 0. The summed E-state index contributed by atoms with van der Waals surface area (Å²) in [5, 5.41) is 3.37. The first-order chi connectivity index (χ1) is 9.63. The smallest absolute Gasteiger partial charge is 0.139 e. The molecular formula is C15H12Br2FNO. The predicted molar refractivity (Wildman–Crippen MR) is 84.7 cm³/mol. The maximum atomic E-state index is 13.6. The number of nitrogens with one attached hydrogen (secondary N) is 1. The lowest BCUT2D eigenvalue weighted by Crippen LogP contribution is -2.20. The van der Waals surface area contributed by atoms with E-state index in [1.807, 2.05) is 24.3 Å². The number of ether oxygens (including phenoxy) is 1. The van der Waals surface area contributed by atoms with Gasteiger partial charge in [0, 0.05) is 22.1 Å². The van der Waals surface area contributed by atoms with E-state index in [4.69, 9.17) is 4.74 Å². The Bertz CT molecular complexity index is 648. The molecule has 0 amide bonds. The lowest BCUT2D eigenvalue weighted by Gasteiger charge is -2.27. The van der Waals surface area contributed by atoms with E-state index in [0.717, 1.165) is 27.9 Å². The number of fused-ring (bicyclic) bond motifs is 1. The molecule has 0 aliphatic carbocycles. The van der Waals surface area contributed by atoms with Crippen molar-refractivity contribution >= 4 is 37.5 Å². The molecule has 1 N–H and O–H groups in total. The molecule has 0 aromatic heterocycles. The Kier molecular flexibility index (Phi) is 3.98. The van der Waals surface area contributed by atoms with Crippen molar-refractivity contribution in [2.45, 2.75) is 12.5 Å². The Morgan fingerprint density at radius 1 is 1.15 bits per heavy atom. The summed E-state index contributed by atoms with van der Waals surface area (Å²) < 4.78 is 20.7. The molecule has 2 aromatic carbocycles. The first-order valence-electron chi connectivity index (χ1n) is 6.27. The minimum Gasteiger partial charge on any atom is -0.493 e. The van der Waals surface area contributed by atoms with Gasteiger partial charge in [0.25, 0.3) is 0 Å². The van der Waals surface area contributed by atoms with Gasteiger partial charge in [-0.2, -0.15) is 0 Å². The molecule has 2 nitrogen and oxygen atoms in total. The van der Waals surface area contributed by atoms with Gasteiger partial charge in [0.2, 0.25) is 0 Å². The average Bonchev–Trinajstić information content (AvgIpc) is 2.44. The second-order valence-corrected chi connectivity index (χ2v) is 6.42. The van der Waals surface area contributed by atoms with Gasteiger partial charge in [0.15, 0.2) is 0 Å². The van der Waals surface area contributed by atoms with Crippen LogP contribution >= 0.6 is 31.9 Å². The SMILES string of the molecule is Fc1cc(NC2CCOc3ccc(Br)cc32)ccc1Br. The molecule has 1 unspecified atom stereocenters. The molecule has 3 rings (SSSR count). The lowest BCUT2D eigenvalue weighted by molar-refractivity contribution is 0.274. The molecule has 1 atom stereocenters. The van der Waals surface area contributed by atoms with Crippen LogP contribution in [0.1, 0.15) is 18.0 Å². The van der Waals surface area contributed by atoms with Gasteiger partial charge in [-0.25, -0.2) is 4.39 Å². The summed E-state index contributed by atoms with van der Waals surface area (Å²) in [6.07, 6.45) is 0.848. The van der Waals surface area contributed by atoms with Crippen molar-refractivity contribution in [3.05, 3.63) is 56.7 Å². The van der Waals surface area contributed by atoms with E-state index in [2.05, 4.69) is 37.2 Å². The summed E-state index contributed by atoms with van der Waals surface area (Å²) in [5.41, 5.74) is 1.86. The molecule has 1 aliphatic rings. The van der Waals surface area contributed by atoms with Crippen molar-refractivity contribution in [2.24, 2.45) is 0 Å². The Balaban J connectivity index is 1.89. The molecule has 0 bridgehead atoms. The van der Waals surface area contributed by atoms with Crippen molar-refractivity contribution in [1.29, 1.82) is 0 Å². The topological polar surface area (TPSA) is 21.3 Å². The molecule has 0 radical (unpaired) electrons. The molecule has 20 heavy (non-hydrogen) atoms. The molecule has 1 aliphatic heterocycles. The first-order valence-corrected chi connectivity index (χ1v) is 7.86. The Labute approximate surface area is 133 Å². The van der Waals surface area contributed by atoms with E-state index in [1.54, 1.807) is 6.07 Å². The second-order valence-electron chi connectivity index (χ2n) is 4.65. The number of hydrogen-bond acceptors (Lipinski definition) is 2. The average molecular weight is 401 g/mol. The van der Waals surface area contributed by atoms with Crippen LogP contribution in [0.3, 0.4) is 0 Å².